The fraction of sp³-hybridized carbons (Fsp3) is 0.462. The van der Waals surface area contributed by atoms with Gasteiger partial charge < -0.3 is 0 Å². The van der Waals surface area contributed by atoms with Gasteiger partial charge in [-0.2, -0.15) is 0 Å². The molecule has 92 valence electrons. The Bertz CT molecular complexity index is 440. The van der Waals surface area contributed by atoms with E-state index in [-0.39, 0.29) is 22.3 Å². The largest absolute Gasteiger partial charge is 0.299 e. The van der Waals surface area contributed by atoms with Crippen LogP contribution in [0.25, 0.3) is 0 Å². The number of carbonyl (C=O) groups excluding carboxylic acids is 1. The van der Waals surface area contributed by atoms with Crippen molar-refractivity contribution < 1.29 is 9.72 Å². The molecule has 1 aromatic rings. The third-order valence-electron chi connectivity index (χ3n) is 3.04. The molecule has 0 N–H and O–H groups in total. The van der Waals surface area contributed by atoms with E-state index in [2.05, 4.69) is 0 Å². The second-order valence-electron chi connectivity index (χ2n) is 4.24. The molecule has 1 unspecified atom stereocenters. The predicted octanol–water partition coefficient (Wildman–Crippen LogP) is 3.06. The first-order valence-corrected chi connectivity index (χ1v) is 5.73. The van der Waals surface area contributed by atoms with Crippen molar-refractivity contribution in [3.05, 3.63) is 39.4 Å². The summed E-state index contributed by atoms with van der Waals surface area (Å²) in [7, 11) is 0. The van der Waals surface area contributed by atoms with E-state index in [0.29, 0.717) is 18.4 Å². The van der Waals surface area contributed by atoms with Gasteiger partial charge >= 0.3 is 0 Å². The Morgan fingerprint density at radius 2 is 2.12 bits per heavy atom. The topological polar surface area (TPSA) is 60.2 Å². The molecule has 0 saturated carbocycles. The number of nitro groups is 1. The highest BCUT2D eigenvalue weighted by atomic mass is 16.6. The highest BCUT2D eigenvalue weighted by Gasteiger charge is 2.17. The standard InChI is InChI=1S/C13H17NO3/c1-4-13(15)9(2)8-11-6-5-7-12(10(11)3)14(16)17/h5-7,9H,4,8H2,1-3H3. The van der Waals surface area contributed by atoms with Crippen LogP contribution in [0.5, 0.6) is 0 Å². The minimum atomic E-state index is -0.384. The van der Waals surface area contributed by atoms with Crippen LogP contribution in [-0.2, 0) is 11.2 Å². The molecule has 4 heteroatoms. The van der Waals surface area contributed by atoms with Crippen LogP contribution < -0.4 is 0 Å². The third kappa shape index (κ3) is 3.12. The maximum absolute atomic E-state index is 11.5. The molecule has 0 aliphatic rings. The molecule has 0 bridgehead atoms. The van der Waals surface area contributed by atoms with Gasteiger partial charge in [0.05, 0.1) is 4.92 Å². The number of hydrogen-bond donors (Lipinski definition) is 0. The fourth-order valence-corrected chi connectivity index (χ4v) is 1.88. The molecule has 4 nitrogen and oxygen atoms in total. The number of Topliss-reactive ketones (excluding diaryl/α,β-unsaturated/α-hetero) is 1. The predicted molar refractivity (Wildman–Crippen MR) is 66.0 cm³/mol. The van der Waals surface area contributed by atoms with Crippen LogP contribution in [0.1, 0.15) is 31.4 Å². The molecule has 0 spiro atoms. The van der Waals surface area contributed by atoms with E-state index < -0.39 is 0 Å². The molecule has 0 radical (unpaired) electrons. The van der Waals surface area contributed by atoms with Gasteiger partial charge in [0.1, 0.15) is 5.78 Å². The van der Waals surface area contributed by atoms with Gasteiger partial charge in [0.25, 0.3) is 5.69 Å². The van der Waals surface area contributed by atoms with Crippen molar-refractivity contribution >= 4 is 11.5 Å². The summed E-state index contributed by atoms with van der Waals surface area (Å²) in [5, 5.41) is 10.8. The molecule has 0 fully saturated rings. The molecule has 17 heavy (non-hydrogen) atoms. The second-order valence-corrected chi connectivity index (χ2v) is 4.24. The summed E-state index contributed by atoms with van der Waals surface area (Å²) in [6.07, 6.45) is 1.08. The monoisotopic (exact) mass is 235 g/mol. The minimum absolute atomic E-state index is 0.0827. The molecule has 0 saturated heterocycles. The Morgan fingerprint density at radius 3 is 2.65 bits per heavy atom. The van der Waals surface area contributed by atoms with E-state index in [1.54, 1.807) is 13.0 Å². The first kappa shape index (κ1) is 13.4. The Hall–Kier alpha value is -1.71. The molecule has 0 aromatic heterocycles. The van der Waals surface area contributed by atoms with Gasteiger partial charge in [-0.15, -0.1) is 0 Å². The number of benzene rings is 1. The van der Waals surface area contributed by atoms with Crippen LogP contribution >= 0.6 is 0 Å². The van der Waals surface area contributed by atoms with E-state index in [0.717, 1.165) is 5.56 Å². The number of carbonyl (C=O) groups is 1. The third-order valence-corrected chi connectivity index (χ3v) is 3.04. The average Bonchev–Trinajstić information content (AvgIpc) is 2.30. The van der Waals surface area contributed by atoms with E-state index in [1.807, 2.05) is 19.9 Å². The van der Waals surface area contributed by atoms with Gasteiger partial charge in [0, 0.05) is 24.0 Å². The highest BCUT2D eigenvalue weighted by molar-refractivity contribution is 5.80. The quantitative estimate of drug-likeness (QED) is 0.582. The Balaban J connectivity index is 2.96. The lowest BCUT2D eigenvalue weighted by atomic mass is 9.93. The van der Waals surface area contributed by atoms with Crippen molar-refractivity contribution in [2.45, 2.75) is 33.6 Å². The van der Waals surface area contributed by atoms with Crippen LogP contribution in [0.3, 0.4) is 0 Å². The summed E-state index contributed by atoms with van der Waals surface area (Å²) in [4.78, 5) is 21.9. The normalized spacial score (nSPS) is 12.2. The molecular weight excluding hydrogens is 218 g/mol. The molecule has 0 aliphatic heterocycles. The highest BCUT2D eigenvalue weighted by Crippen LogP contribution is 2.23. The molecule has 0 aliphatic carbocycles. The van der Waals surface area contributed by atoms with Crippen molar-refractivity contribution in [3.63, 3.8) is 0 Å². The van der Waals surface area contributed by atoms with Crippen LogP contribution in [0.4, 0.5) is 5.69 Å². The average molecular weight is 235 g/mol. The van der Waals surface area contributed by atoms with Crippen molar-refractivity contribution in [2.24, 2.45) is 5.92 Å². The summed E-state index contributed by atoms with van der Waals surface area (Å²) in [5.41, 5.74) is 1.67. The summed E-state index contributed by atoms with van der Waals surface area (Å²) in [6, 6.07) is 5.01. The zero-order chi connectivity index (χ0) is 13.0. The summed E-state index contributed by atoms with van der Waals surface area (Å²) in [5.74, 6) is 0.108. The first-order valence-electron chi connectivity index (χ1n) is 5.73. The zero-order valence-electron chi connectivity index (χ0n) is 10.4. The number of hydrogen-bond acceptors (Lipinski definition) is 3. The summed E-state index contributed by atoms with van der Waals surface area (Å²) < 4.78 is 0. The van der Waals surface area contributed by atoms with Gasteiger partial charge in [-0.1, -0.05) is 26.0 Å². The van der Waals surface area contributed by atoms with Gasteiger partial charge in [0.2, 0.25) is 0 Å². The number of ketones is 1. The van der Waals surface area contributed by atoms with E-state index in [4.69, 9.17) is 0 Å². The maximum Gasteiger partial charge on any atom is 0.272 e. The summed E-state index contributed by atoms with van der Waals surface area (Å²) >= 11 is 0. The molecular formula is C13H17NO3. The van der Waals surface area contributed by atoms with Crippen molar-refractivity contribution in [2.75, 3.05) is 0 Å². The maximum atomic E-state index is 11.5. The second kappa shape index (κ2) is 5.57. The SMILES string of the molecule is CCC(=O)C(C)Cc1cccc([N+](=O)[O-])c1C. The lowest BCUT2D eigenvalue weighted by Gasteiger charge is -2.11. The van der Waals surface area contributed by atoms with Crippen LogP contribution in [0.15, 0.2) is 18.2 Å². The minimum Gasteiger partial charge on any atom is -0.299 e. The molecule has 1 atom stereocenters. The van der Waals surface area contributed by atoms with Crippen molar-refractivity contribution in [3.8, 4) is 0 Å². The molecule has 0 heterocycles. The number of nitro benzene ring substituents is 1. The van der Waals surface area contributed by atoms with Crippen LogP contribution in [-0.4, -0.2) is 10.7 Å². The smallest absolute Gasteiger partial charge is 0.272 e. The van der Waals surface area contributed by atoms with E-state index in [1.165, 1.54) is 6.07 Å². The van der Waals surface area contributed by atoms with Gasteiger partial charge in [-0.3, -0.25) is 14.9 Å². The van der Waals surface area contributed by atoms with E-state index >= 15 is 0 Å². The lowest BCUT2D eigenvalue weighted by Crippen LogP contribution is -2.13. The van der Waals surface area contributed by atoms with Crippen LogP contribution in [0.2, 0.25) is 0 Å². The molecule has 1 aromatic carbocycles. The molecule has 1 rings (SSSR count). The number of nitrogens with zero attached hydrogens (tertiary/aromatic N) is 1. The van der Waals surface area contributed by atoms with Gasteiger partial charge in [-0.25, -0.2) is 0 Å². The first-order chi connectivity index (χ1) is 7.97. The summed E-state index contributed by atoms with van der Waals surface area (Å²) in [6.45, 7) is 5.43. The van der Waals surface area contributed by atoms with Gasteiger partial charge in [-0.05, 0) is 18.9 Å². The molecule has 0 amide bonds. The van der Waals surface area contributed by atoms with Gasteiger partial charge in [0.15, 0.2) is 0 Å². The zero-order valence-corrected chi connectivity index (χ0v) is 10.4. The number of rotatable bonds is 5. The Morgan fingerprint density at radius 1 is 1.47 bits per heavy atom. The fourth-order valence-electron chi connectivity index (χ4n) is 1.88. The van der Waals surface area contributed by atoms with E-state index in [9.17, 15) is 14.9 Å². The Labute approximate surface area is 101 Å². The van der Waals surface area contributed by atoms with Crippen molar-refractivity contribution in [1.82, 2.24) is 0 Å². The van der Waals surface area contributed by atoms with Crippen molar-refractivity contribution in [1.29, 1.82) is 0 Å². The van der Waals surface area contributed by atoms with Crippen LogP contribution in [0, 0.1) is 23.0 Å². The Kier molecular flexibility index (Phi) is 4.37. The lowest BCUT2D eigenvalue weighted by molar-refractivity contribution is -0.385.